The molecule has 16 heavy (non-hydrogen) atoms. The average Bonchev–Trinajstić information content (AvgIpc) is 2.26. The summed E-state index contributed by atoms with van der Waals surface area (Å²) in [7, 11) is 1.39. The molecule has 1 rings (SSSR count). The fourth-order valence-electron chi connectivity index (χ4n) is 1.03. The van der Waals surface area contributed by atoms with Crippen LogP contribution in [0.4, 0.5) is 4.39 Å². The van der Waals surface area contributed by atoms with E-state index in [4.69, 9.17) is 9.84 Å². The first-order valence-electron chi connectivity index (χ1n) is 4.41. The summed E-state index contributed by atoms with van der Waals surface area (Å²) in [5.74, 6) is -3.03. The SMILES string of the molecule is CNC(=O)COc1c(F)cccc1C(=O)O. The van der Waals surface area contributed by atoms with Gasteiger partial charge in [-0.2, -0.15) is 0 Å². The molecule has 0 radical (unpaired) electrons. The van der Waals surface area contributed by atoms with Crippen molar-refractivity contribution >= 4 is 11.9 Å². The van der Waals surface area contributed by atoms with Gasteiger partial charge in [-0.25, -0.2) is 9.18 Å². The number of benzene rings is 1. The van der Waals surface area contributed by atoms with Crippen molar-refractivity contribution < 1.29 is 23.8 Å². The monoisotopic (exact) mass is 227 g/mol. The normalized spacial score (nSPS) is 9.62. The summed E-state index contributed by atoms with van der Waals surface area (Å²) in [6.45, 7) is -0.433. The summed E-state index contributed by atoms with van der Waals surface area (Å²) < 4.78 is 18.1. The zero-order valence-corrected chi connectivity index (χ0v) is 8.49. The average molecular weight is 227 g/mol. The number of nitrogens with one attached hydrogen (secondary N) is 1. The summed E-state index contributed by atoms with van der Waals surface area (Å²) in [5, 5.41) is 11.0. The van der Waals surface area contributed by atoms with E-state index in [-0.39, 0.29) is 5.56 Å². The predicted octanol–water partition coefficient (Wildman–Crippen LogP) is 0.649. The number of aromatic carboxylic acids is 1. The molecule has 86 valence electrons. The molecule has 0 aliphatic rings. The molecule has 1 aromatic rings. The van der Waals surface area contributed by atoms with E-state index in [0.717, 1.165) is 6.07 Å². The standard InChI is InChI=1S/C10H10FNO4/c1-12-8(13)5-16-9-6(10(14)15)3-2-4-7(9)11/h2-4H,5H2,1H3,(H,12,13)(H,14,15). The Morgan fingerprint density at radius 2 is 2.19 bits per heavy atom. The molecule has 0 saturated carbocycles. The maximum Gasteiger partial charge on any atom is 0.339 e. The number of hydrogen-bond donors (Lipinski definition) is 2. The van der Waals surface area contributed by atoms with Gasteiger partial charge in [0.2, 0.25) is 0 Å². The Balaban J connectivity index is 2.93. The lowest BCUT2D eigenvalue weighted by Gasteiger charge is -2.08. The second-order valence-corrected chi connectivity index (χ2v) is 2.88. The minimum absolute atomic E-state index is 0.316. The summed E-state index contributed by atoms with van der Waals surface area (Å²) in [4.78, 5) is 21.6. The van der Waals surface area contributed by atoms with Gasteiger partial charge in [0.15, 0.2) is 18.2 Å². The smallest absolute Gasteiger partial charge is 0.339 e. The molecule has 0 bridgehead atoms. The van der Waals surface area contributed by atoms with Crippen LogP contribution < -0.4 is 10.1 Å². The highest BCUT2D eigenvalue weighted by atomic mass is 19.1. The lowest BCUT2D eigenvalue weighted by molar-refractivity contribution is -0.122. The second kappa shape index (κ2) is 5.11. The van der Waals surface area contributed by atoms with Crippen LogP contribution in [0.5, 0.6) is 5.75 Å². The number of halogens is 1. The first-order valence-corrected chi connectivity index (χ1v) is 4.41. The van der Waals surface area contributed by atoms with Gasteiger partial charge in [-0.1, -0.05) is 6.07 Å². The molecule has 6 heteroatoms. The number of rotatable bonds is 4. The summed E-state index contributed by atoms with van der Waals surface area (Å²) >= 11 is 0. The molecule has 0 saturated heterocycles. The summed E-state index contributed by atoms with van der Waals surface area (Å²) in [6.07, 6.45) is 0. The quantitative estimate of drug-likeness (QED) is 0.791. The lowest BCUT2D eigenvalue weighted by atomic mass is 10.2. The molecule has 0 aliphatic carbocycles. The van der Waals surface area contributed by atoms with Crippen molar-refractivity contribution in [2.45, 2.75) is 0 Å². The minimum Gasteiger partial charge on any atom is -0.480 e. The fourth-order valence-corrected chi connectivity index (χ4v) is 1.03. The maximum absolute atomic E-state index is 13.2. The molecule has 0 aromatic heterocycles. The Morgan fingerprint density at radius 1 is 1.50 bits per heavy atom. The predicted molar refractivity (Wildman–Crippen MR) is 52.9 cm³/mol. The molecule has 0 fully saturated rings. The van der Waals surface area contributed by atoms with Gasteiger partial charge in [0.05, 0.1) is 0 Å². The van der Waals surface area contributed by atoms with Crippen molar-refractivity contribution in [3.8, 4) is 5.75 Å². The van der Waals surface area contributed by atoms with E-state index in [1.165, 1.54) is 19.2 Å². The number of amides is 1. The van der Waals surface area contributed by atoms with Crippen LogP contribution in [0.3, 0.4) is 0 Å². The van der Waals surface area contributed by atoms with Gasteiger partial charge in [-0.05, 0) is 12.1 Å². The van der Waals surface area contributed by atoms with Gasteiger partial charge in [0, 0.05) is 7.05 Å². The van der Waals surface area contributed by atoms with Crippen LogP contribution in [-0.2, 0) is 4.79 Å². The maximum atomic E-state index is 13.2. The number of para-hydroxylation sites is 1. The largest absolute Gasteiger partial charge is 0.480 e. The second-order valence-electron chi connectivity index (χ2n) is 2.88. The Morgan fingerprint density at radius 3 is 2.75 bits per heavy atom. The van der Waals surface area contributed by atoms with Crippen molar-refractivity contribution in [1.29, 1.82) is 0 Å². The first-order chi connectivity index (χ1) is 7.56. The van der Waals surface area contributed by atoms with Gasteiger partial charge in [0.25, 0.3) is 5.91 Å². The molecule has 1 amide bonds. The molecule has 1 aromatic carbocycles. The van der Waals surface area contributed by atoms with Gasteiger partial charge >= 0.3 is 5.97 Å². The van der Waals surface area contributed by atoms with E-state index in [0.29, 0.717) is 0 Å². The molecular formula is C10H10FNO4. The van der Waals surface area contributed by atoms with Crippen LogP contribution in [0.2, 0.25) is 0 Å². The molecular weight excluding hydrogens is 217 g/mol. The number of carboxylic acid groups (broad SMARTS) is 1. The van der Waals surface area contributed by atoms with Crippen molar-refractivity contribution in [3.05, 3.63) is 29.6 Å². The highest BCUT2D eigenvalue weighted by Crippen LogP contribution is 2.22. The highest BCUT2D eigenvalue weighted by Gasteiger charge is 2.16. The van der Waals surface area contributed by atoms with Gasteiger partial charge in [-0.3, -0.25) is 4.79 Å². The van der Waals surface area contributed by atoms with Crippen LogP contribution in [-0.4, -0.2) is 30.6 Å². The molecule has 0 spiro atoms. The fraction of sp³-hybridized carbons (Fsp3) is 0.200. The van der Waals surface area contributed by atoms with Crippen LogP contribution >= 0.6 is 0 Å². The number of carbonyl (C=O) groups excluding carboxylic acids is 1. The van der Waals surface area contributed by atoms with Gasteiger partial charge in [-0.15, -0.1) is 0 Å². The lowest BCUT2D eigenvalue weighted by Crippen LogP contribution is -2.25. The van der Waals surface area contributed by atoms with Crippen molar-refractivity contribution in [1.82, 2.24) is 5.32 Å². The van der Waals surface area contributed by atoms with Crippen LogP contribution in [0.15, 0.2) is 18.2 Å². The molecule has 0 atom stereocenters. The number of carboxylic acids is 1. The van der Waals surface area contributed by atoms with E-state index in [1.54, 1.807) is 0 Å². The Labute approximate surface area is 90.8 Å². The number of ether oxygens (including phenoxy) is 1. The molecule has 2 N–H and O–H groups in total. The van der Waals surface area contributed by atoms with E-state index in [2.05, 4.69) is 5.32 Å². The number of likely N-dealkylation sites (N-methyl/N-ethyl adjacent to an activating group) is 1. The minimum atomic E-state index is -1.31. The Hall–Kier alpha value is -2.11. The third kappa shape index (κ3) is 2.69. The molecule has 0 aliphatic heterocycles. The van der Waals surface area contributed by atoms with Crippen molar-refractivity contribution in [2.24, 2.45) is 0 Å². The zero-order valence-electron chi connectivity index (χ0n) is 8.49. The number of carbonyl (C=O) groups is 2. The van der Waals surface area contributed by atoms with E-state index < -0.39 is 30.1 Å². The van der Waals surface area contributed by atoms with Crippen LogP contribution in [0.25, 0.3) is 0 Å². The van der Waals surface area contributed by atoms with Crippen LogP contribution in [0.1, 0.15) is 10.4 Å². The van der Waals surface area contributed by atoms with E-state index in [9.17, 15) is 14.0 Å². The highest BCUT2D eigenvalue weighted by molar-refractivity contribution is 5.91. The summed E-state index contributed by atoms with van der Waals surface area (Å²) in [5.41, 5.74) is -0.316. The van der Waals surface area contributed by atoms with Crippen LogP contribution in [0, 0.1) is 5.82 Å². The molecule has 5 nitrogen and oxygen atoms in total. The van der Waals surface area contributed by atoms with Gasteiger partial charge < -0.3 is 15.2 Å². The van der Waals surface area contributed by atoms with Crippen molar-refractivity contribution in [3.63, 3.8) is 0 Å². The van der Waals surface area contributed by atoms with E-state index >= 15 is 0 Å². The molecule has 0 unspecified atom stereocenters. The molecule has 0 heterocycles. The third-order valence-corrected chi connectivity index (χ3v) is 1.82. The zero-order chi connectivity index (χ0) is 12.1. The first kappa shape index (κ1) is 12.0. The van der Waals surface area contributed by atoms with E-state index in [1.807, 2.05) is 0 Å². The van der Waals surface area contributed by atoms with Gasteiger partial charge in [0.1, 0.15) is 5.56 Å². The summed E-state index contributed by atoms with van der Waals surface area (Å²) in [6, 6.07) is 3.52. The Bertz CT molecular complexity index is 419. The third-order valence-electron chi connectivity index (χ3n) is 1.82. The Kier molecular flexibility index (Phi) is 3.82. The topological polar surface area (TPSA) is 75.6 Å². The van der Waals surface area contributed by atoms with Crippen molar-refractivity contribution in [2.75, 3.05) is 13.7 Å². The number of hydrogen-bond acceptors (Lipinski definition) is 3.